The van der Waals surface area contributed by atoms with Crippen molar-refractivity contribution in [3.63, 3.8) is 0 Å². The van der Waals surface area contributed by atoms with Crippen molar-refractivity contribution in [3.8, 4) is 0 Å². The largest absolute Gasteiger partial charge is 0.0879 e. The molecule has 3 aliphatic rings. The maximum atomic E-state index is 2.56. The first kappa shape index (κ1) is 10.1. The van der Waals surface area contributed by atoms with Crippen LogP contribution in [0, 0.1) is 11.8 Å². The summed E-state index contributed by atoms with van der Waals surface area (Å²) in [5.41, 5.74) is 3.51. The molecule has 0 N–H and O–H groups in total. The minimum Gasteiger partial charge on any atom is -0.0879 e. The van der Waals surface area contributed by atoms with Gasteiger partial charge in [0.2, 0.25) is 0 Å². The van der Waals surface area contributed by atoms with Crippen LogP contribution >= 0.6 is 22.6 Å². The Bertz CT molecular complexity index is 360. The van der Waals surface area contributed by atoms with E-state index >= 15 is 0 Å². The number of hydrogen-bond donors (Lipinski definition) is 0. The fraction of sp³-hybridized carbons (Fsp3) is 0.571. The molecule has 15 heavy (non-hydrogen) atoms. The molecule has 0 amide bonds. The van der Waals surface area contributed by atoms with E-state index in [1.807, 2.05) is 5.57 Å². The van der Waals surface area contributed by atoms with Gasteiger partial charge in [0.05, 0.1) is 0 Å². The molecular weight excluding hydrogens is 295 g/mol. The van der Waals surface area contributed by atoms with Gasteiger partial charge in [-0.3, -0.25) is 0 Å². The lowest BCUT2D eigenvalue weighted by Gasteiger charge is -2.37. The Morgan fingerprint density at radius 1 is 1.20 bits per heavy atom. The quantitative estimate of drug-likeness (QED) is 0.446. The molecule has 0 bridgehead atoms. The first-order valence-corrected chi connectivity index (χ1v) is 7.20. The molecule has 0 aromatic rings. The highest BCUT2D eigenvalue weighted by Crippen LogP contribution is 2.47. The Hall–Kier alpha value is -0.0500. The van der Waals surface area contributed by atoms with Crippen LogP contribution in [0.25, 0.3) is 0 Å². The molecule has 80 valence electrons. The van der Waals surface area contributed by atoms with Gasteiger partial charge in [-0.2, -0.15) is 0 Å². The maximum absolute atomic E-state index is 2.56. The van der Waals surface area contributed by atoms with E-state index in [1.54, 1.807) is 9.15 Å². The van der Waals surface area contributed by atoms with Gasteiger partial charge in [-0.1, -0.05) is 17.7 Å². The Labute approximate surface area is 106 Å². The Balaban J connectivity index is 2.02. The molecule has 3 rings (SSSR count). The third-order valence-corrected chi connectivity index (χ3v) is 5.08. The third-order valence-electron chi connectivity index (χ3n) is 4.05. The van der Waals surface area contributed by atoms with E-state index in [2.05, 4.69) is 40.8 Å². The van der Waals surface area contributed by atoms with Gasteiger partial charge in [0.25, 0.3) is 0 Å². The third kappa shape index (κ3) is 1.73. The molecule has 0 spiro atoms. The predicted molar refractivity (Wildman–Crippen MR) is 73.0 cm³/mol. The van der Waals surface area contributed by atoms with Crippen molar-refractivity contribution in [2.24, 2.45) is 11.8 Å². The molecule has 0 saturated heterocycles. The van der Waals surface area contributed by atoms with Gasteiger partial charge in [0.1, 0.15) is 0 Å². The Morgan fingerprint density at radius 2 is 2.07 bits per heavy atom. The molecule has 0 fully saturated rings. The second-order valence-corrected chi connectivity index (χ2v) is 6.17. The first-order chi connectivity index (χ1) is 7.36. The van der Waals surface area contributed by atoms with Crippen molar-refractivity contribution in [3.05, 3.63) is 33.0 Å². The normalized spacial score (nSPS) is 34.6. The number of rotatable bonds is 0. The monoisotopic (exact) mass is 312 g/mol. The molecule has 0 saturated carbocycles. The minimum atomic E-state index is 0.733. The topological polar surface area (TPSA) is 0 Å². The summed E-state index contributed by atoms with van der Waals surface area (Å²) in [7, 11) is 0. The number of fused-ring (bicyclic) bond motifs is 2. The summed E-state index contributed by atoms with van der Waals surface area (Å²) in [4.78, 5) is 0. The summed E-state index contributed by atoms with van der Waals surface area (Å²) in [5.74, 6) is 1.60. The fourth-order valence-corrected chi connectivity index (χ4v) is 4.33. The molecule has 0 radical (unpaired) electrons. The Morgan fingerprint density at radius 3 is 3.00 bits per heavy atom. The summed E-state index contributed by atoms with van der Waals surface area (Å²) >= 11 is 2.56. The number of halogens is 1. The molecule has 0 aliphatic heterocycles. The zero-order valence-corrected chi connectivity index (χ0v) is 11.2. The van der Waals surface area contributed by atoms with Crippen molar-refractivity contribution in [2.75, 3.05) is 0 Å². The molecule has 3 aliphatic carbocycles. The van der Waals surface area contributed by atoms with Gasteiger partial charge >= 0.3 is 0 Å². The average Bonchev–Trinajstić information content (AvgIpc) is 2.30. The van der Waals surface area contributed by atoms with Crippen molar-refractivity contribution >= 4 is 22.6 Å². The van der Waals surface area contributed by atoms with E-state index < -0.39 is 0 Å². The highest BCUT2D eigenvalue weighted by atomic mass is 127. The lowest BCUT2D eigenvalue weighted by atomic mass is 9.70. The van der Waals surface area contributed by atoms with Crippen LogP contribution in [-0.4, -0.2) is 0 Å². The van der Waals surface area contributed by atoms with E-state index in [0.717, 1.165) is 11.8 Å². The van der Waals surface area contributed by atoms with Crippen molar-refractivity contribution in [1.29, 1.82) is 0 Å². The molecular formula is C14H17I. The van der Waals surface area contributed by atoms with Crippen molar-refractivity contribution in [2.45, 2.75) is 38.5 Å². The summed E-state index contributed by atoms with van der Waals surface area (Å²) in [6.07, 6.45) is 15.5. The summed E-state index contributed by atoms with van der Waals surface area (Å²) < 4.78 is 1.58. The fourth-order valence-electron chi connectivity index (χ4n) is 3.31. The van der Waals surface area contributed by atoms with Gasteiger partial charge in [0.15, 0.2) is 0 Å². The molecule has 2 atom stereocenters. The second-order valence-electron chi connectivity index (χ2n) is 4.92. The zero-order valence-electron chi connectivity index (χ0n) is 9.01. The van der Waals surface area contributed by atoms with Gasteiger partial charge in [0, 0.05) is 5.92 Å². The molecule has 2 unspecified atom stereocenters. The van der Waals surface area contributed by atoms with Crippen LogP contribution in [0.2, 0.25) is 0 Å². The van der Waals surface area contributed by atoms with Gasteiger partial charge in [-0.25, -0.2) is 0 Å². The van der Waals surface area contributed by atoms with Crippen molar-refractivity contribution in [1.82, 2.24) is 0 Å². The lowest BCUT2D eigenvalue weighted by molar-refractivity contribution is 0.428. The van der Waals surface area contributed by atoms with Crippen LogP contribution < -0.4 is 0 Å². The van der Waals surface area contributed by atoms with Crippen LogP contribution in [0.1, 0.15) is 38.5 Å². The Kier molecular flexibility index (Phi) is 2.75. The minimum absolute atomic E-state index is 0.733. The molecule has 0 nitrogen and oxygen atoms in total. The molecule has 0 heterocycles. The molecule has 0 aromatic carbocycles. The summed E-state index contributed by atoms with van der Waals surface area (Å²) in [6, 6.07) is 0. The van der Waals surface area contributed by atoms with Gasteiger partial charge in [-0.05, 0) is 82.3 Å². The summed E-state index contributed by atoms with van der Waals surface area (Å²) in [6.45, 7) is 0. The zero-order chi connectivity index (χ0) is 10.3. The van der Waals surface area contributed by atoms with E-state index in [0.29, 0.717) is 0 Å². The number of allylic oxidation sites excluding steroid dienone is 6. The van der Waals surface area contributed by atoms with Crippen LogP contribution in [0.3, 0.4) is 0 Å². The highest BCUT2D eigenvalue weighted by Gasteiger charge is 2.32. The van der Waals surface area contributed by atoms with Crippen LogP contribution in [0.15, 0.2) is 33.0 Å². The smallest absolute Gasteiger partial charge is 0.0142 e. The second kappa shape index (κ2) is 4.08. The maximum Gasteiger partial charge on any atom is 0.0142 e. The standard InChI is InChI=1S/C14H17I/c15-14-9-10-5-1-2-6-11(10)12-7-3-4-8-13(12)14/h4,8-9,12-13H,1-3,5-7H2. The highest BCUT2D eigenvalue weighted by molar-refractivity contribution is 14.1. The van der Waals surface area contributed by atoms with Crippen LogP contribution in [0.4, 0.5) is 0 Å². The average molecular weight is 312 g/mol. The number of hydrogen-bond acceptors (Lipinski definition) is 0. The molecule has 0 aromatic heterocycles. The van der Waals surface area contributed by atoms with E-state index in [-0.39, 0.29) is 0 Å². The lowest BCUT2D eigenvalue weighted by Crippen LogP contribution is -2.24. The van der Waals surface area contributed by atoms with E-state index in [9.17, 15) is 0 Å². The van der Waals surface area contributed by atoms with Crippen molar-refractivity contribution < 1.29 is 0 Å². The van der Waals surface area contributed by atoms with Gasteiger partial charge in [-0.15, -0.1) is 0 Å². The van der Waals surface area contributed by atoms with E-state index in [1.165, 1.54) is 38.5 Å². The molecule has 1 heteroatoms. The van der Waals surface area contributed by atoms with Crippen LogP contribution in [-0.2, 0) is 0 Å². The SMILES string of the molecule is IC1=CC2=C(CCCC2)C2CCC=CC12. The van der Waals surface area contributed by atoms with Crippen LogP contribution in [0.5, 0.6) is 0 Å². The first-order valence-electron chi connectivity index (χ1n) is 6.12. The predicted octanol–water partition coefficient (Wildman–Crippen LogP) is 4.77. The van der Waals surface area contributed by atoms with Gasteiger partial charge < -0.3 is 0 Å². The summed E-state index contributed by atoms with van der Waals surface area (Å²) in [5, 5.41) is 0. The van der Waals surface area contributed by atoms with E-state index in [4.69, 9.17) is 0 Å².